The van der Waals surface area contributed by atoms with Gasteiger partial charge in [-0.15, -0.1) is 3.89 Å². The van der Waals surface area contributed by atoms with Gasteiger partial charge < -0.3 is 5.11 Å². The normalized spacial score (nSPS) is 11.9. The van der Waals surface area contributed by atoms with Crippen LogP contribution >= 0.6 is 11.6 Å². The molecule has 90 valence electrons. The maximum absolute atomic E-state index is 12.9. The first kappa shape index (κ1) is 12.1. The molecule has 0 fully saturated rings. The number of pyridine rings is 1. The summed E-state index contributed by atoms with van der Waals surface area (Å²) in [5.74, 6) is -0.726. The minimum absolute atomic E-state index is 0.0153. The molecule has 0 unspecified atom stereocenters. The van der Waals surface area contributed by atoms with Gasteiger partial charge in [-0.2, -0.15) is 8.42 Å². The quantitative estimate of drug-likeness (QED) is 0.812. The highest BCUT2D eigenvalue weighted by atomic mass is 35.5. The number of rotatable bonds is 1. The van der Waals surface area contributed by atoms with Crippen LogP contribution in [0.1, 0.15) is 5.69 Å². The van der Waals surface area contributed by atoms with Crippen LogP contribution < -0.4 is 0 Å². The fourth-order valence-electron chi connectivity index (χ4n) is 1.49. The Morgan fingerprint density at radius 3 is 2.65 bits per heavy atom. The molecule has 1 heterocycles. The monoisotopic (exact) mass is 275 g/mol. The summed E-state index contributed by atoms with van der Waals surface area (Å²) in [5.41, 5.74) is 0.519. The second-order valence-electron chi connectivity index (χ2n) is 3.49. The van der Waals surface area contributed by atoms with Crippen molar-refractivity contribution in [2.24, 2.45) is 0 Å². The second-order valence-corrected chi connectivity index (χ2v) is 5.21. The molecule has 4 nitrogen and oxygen atoms in total. The van der Waals surface area contributed by atoms with Crippen molar-refractivity contribution >= 4 is 32.7 Å². The number of fused-ring (bicyclic) bond motifs is 1. The lowest BCUT2D eigenvalue weighted by Crippen LogP contribution is -1.95. The molecule has 0 aliphatic heterocycles. The van der Waals surface area contributed by atoms with E-state index in [-0.39, 0.29) is 10.5 Å². The van der Waals surface area contributed by atoms with Crippen LogP contribution in [-0.2, 0) is 10.2 Å². The number of phenols is 1. The Morgan fingerprint density at radius 2 is 2.06 bits per heavy atom. The first-order valence-electron chi connectivity index (χ1n) is 4.54. The van der Waals surface area contributed by atoms with E-state index in [0.29, 0.717) is 11.1 Å². The number of phenolic OH excluding ortho intramolecular Hbond substituents is 1. The van der Waals surface area contributed by atoms with Gasteiger partial charge in [-0.05, 0) is 25.1 Å². The molecule has 0 bridgehead atoms. The van der Waals surface area contributed by atoms with Gasteiger partial charge in [-0.1, -0.05) is 11.6 Å². The average Bonchev–Trinajstić information content (AvgIpc) is 2.21. The van der Waals surface area contributed by atoms with E-state index in [1.54, 1.807) is 19.1 Å². The van der Waals surface area contributed by atoms with Gasteiger partial charge in [-0.25, -0.2) is 4.98 Å². The zero-order valence-electron chi connectivity index (χ0n) is 8.61. The molecule has 2 rings (SSSR count). The lowest BCUT2D eigenvalue weighted by atomic mass is 10.2. The fraction of sp³-hybridized carbons (Fsp3) is 0.100. The molecule has 0 saturated heterocycles. The van der Waals surface area contributed by atoms with Crippen molar-refractivity contribution < 1.29 is 17.4 Å². The van der Waals surface area contributed by atoms with Crippen LogP contribution in [0, 0.1) is 6.92 Å². The van der Waals surface area contributed by atoms with Crippen LogP contribution in [0.5, 0.6) is 5.75 Å². The number of aromatic nitrogens is 1. The zero-order chi connectivity index (χ0) is 12.8. The Kier molecular flexibility index (Phi) is 2.71. The summed E-state index contributed by atoms with van der Waals surface area (Å²) in [5, 5.41) is 10.1. The first-order valence-corrected chi connectivity index (χ1v) is 6.30. The largest absolute Gasteiger partial charge is 0.504 e. The van der Waals surface area contributed by atoms with Gasteiger partial charge in [0.1, 0.15) is 10.4 Å². The predicted octanol–water partition coefficient (Wildman–Crippen LogP) is 2.56. The van der Waals surface area contributed by atoms with Crippen molar-refractivity contribution in [3.8, 4) is 5.75 Å². The molecule has 2 aromatic rings. The second kappa shape index (κ2) is 3.82. The first-order chi connectivity index (χ1) is 7.80. The Bertz CT molecular complexity index is 715. The molecule has 17 heavy (non-hydrogen) atoms. The molecule has 7 heteroatoms. The molecule has 1 N–H and O–H groups in total. The molecule has 0 aliphatic rings. The van der Waals surface area contributed by atoms with Crippen LogP contribution in [0.3, 0.4) is 0 Å². The van der Waals surface area contributed by atoms with Crippen molar-refractivity contribution in [3.05, 3.63) is 28.9 Å². The number of hydrogen-bond donors (Lipinski definition) is 1. The van der Waals surface area contributed by atoms with Crippen LogP contribution in [0.2, 0.25) is 5.02 Å². The number of benzene rings is 1. The van der Waals surface area contributed by atoms with Gasteiger partial charge in [0.05, 0.1) is 5.02 Å². The Hall–Kier alpha value is -1.40. The van der Waals surface area contributed by atoms with Crippen molar-refractivity contribution in [2.75, 3.05) is 0 Å². The smallest absolute Gasteiger partial charge is 0.335 e. The standard InChI is InChI=1S/C10H7ClFNO3S/c1-5-2-3-6-7(11)4-8(17(12,15)16)10(14)9(6)13-5/h2-4,14H,1H3. The van der Waals surface area contributed by atoms with Crippen LogP contribution in [0.25, 0.3) is 10.9 Å². The molecule has 0 saturated carbocycles. The summed E-state index contributed by atoms with van der Waals surface area (Å²) in [6.45, 7) is 1.66. The van der Waals surface area contributed by atoms with E-state index in [0.717, 1.165) is 6.07 Å². The van der Waals surface area contributed by atoms with Gasteiger partial charge in [-0.3, -0.25) is 0 Å². The zero-order valence-corrected chi connectivity index (χ0v) is 10.2. The minimum Gasteiger partial charge on any atom is -0.504 e. The summed E-state index contributed by atoms with van der Waals surface area (Å²) < 4.78 is 34.6. The highest BCUT2D eigenvalue weighted by molar-refractivity contribution is 7.86. The SMILES string of the molecule is Cc1ccc2c(Cl)cc(S(=O)(=O)F)c(O)c2n1. The lowest BCUT2D eigenvalue weighted by molar-refractivity contribution is 0.460. The highest BCUT2D eigenvalue weighted by Crippen LogP contribution is 2.36. The third-order valence-corrected chi connectivity index (χ3v) is 3.42. The highest BCUT2D eigenvalue weighted by Gasteiger charge is 2.22. The van der Waals surface area contributed by atoms with Crippen molar-refractivity contribution in [3.63, 3.8) is 0 Å². The lowest BCUT2D eigenvalue weighted by Gasteiger charge is -2.06. The number of halogens is 2. The van der Waals surface area contributed by atoms with Crippen LogP contribution in [0.4, 0.5) is 3.89 Å². The Morgan fingerprint density at radius 1 is 1.41 bits per heavy atom. The molecular formula is C10H7ClFNO3S. The summed E-state index contributed by atoms with van der Waals surface area (Å²) in [7, 11) is -5.03. The van der Waals surface area contributed by atoms with E-state index in [1.807, 2.05) is 0 Å². The van der Waals surface area contributed by atoms with E-state index in [1.165, 1.54) is 0 Å². The van der Waals surface area contributed by atoms with Crippen molar-refractivity contribution in [2.45, 2.75) is 11.8 Å². The van der Waals surface area contributed by atoms with Gasteiger partial charge in [0.2, 0.25) is 0 Å². The minimum atomic E-state index is -5.03. The van der Waals surface area contributed by atoms with E-state index >= 15 is 0 Å². The summed E-state index contributed by atoms with van der Waals surface area (Å²) in [6, 6.07) is 4.09. The molecule has 0 amide bonds. The Labute approximate surface area is 102 Å². The summed E-state index contributed by atoms with van der Waals surface area (Å²) >= 11 is 5.81. The van der Waals surface area contributed by atoms with Gasteiger partial charge >= 0.3 is 10.2 Å². The Balaban J connectivity index is 2.98. The fourth-order valence-corrected chi connectivity index (χ4v) is 2.41. The number of hydrogen-bond acceptors (Lipinski definition) is 4. The third-order valence-electron chi connectivity index (χ3n) is 2.27. The predicted molar refractivity (Wildman–Crippen MR) is 61.4 cm³/mol. The molecule has 0 aliphatic carbocycles. The molecule has 0 radical (unpaired) electrons. The summed E-state index contributed by atoms with van der Waals surface area (Å²) in [4.78, 5) is 3.08. The summed E-state index contributed by atoms with van der Waals surface area (Å²) in [6.07, 6.45) is 0. The molecule has 0 atom stereocenters. The molecule has 1 aromatic heterocycles. The number of aromatic hydroxyl groups is 1. The van der Waals surface area contributed by atoms with Crippen molar-refractivity contribution in [1.29, 1.82) is 0 Å². The van der Waals surface area contributed by atoms with E-state index < -0.39 is 20.9 Å². The number of aryl methyl sites for hydroxylation is 1. The van der Waals surface area contributed by atoms with Gasteiger partial charge in [0.15, 0.2) is 5.75 Å². The van der Waals surface area contributed by atoms with E-state index in [9.17, 15) is 17.4 Å². The maximum atomic E-state index is 12.9. The maximum Gasteiger partial charge on any atom is 0.335 e. The molecular weight excluding hydrogens is 269 g/mol. The topological polar surface area (TPSA) is 67.3 Å². The molecule has 0 spiro atoms. The van der Waals surface area contributed by atoms with E-state index in [4.69, 9.17) is 11.6 Å². The average molecular weight is 276 g/mol. The van der Waals surface area contributed by atoms with Crippen LogP contribution in [0.15, 0.2) is 23.1 Å². The molecule has 1 aromatic carbocycles. The van der Waals surface area contributed by atoms with Crippen LogP contribution in [-0.4, -0.2) is 18.5 Å². The van der Waals surface area contributed by atoms with Crippen molar-refractivity contribution in [1.82, 2.24) is 4.98 Å². The number of nitrogens with zero attached hydrogens (tertiary/aromatic N) is 1. The van der Waals surface area contributed by atoms with E-state index in [2.05, 4.69) is 4.98 Å². The van der Waals surface area contributed by atoms with Gasteiger partial charge in [0.25, 0.3) is 0 Å². The van der Waals surface area contributed by atoms with Gasteiger partial charge in [0, 0.05) is 11.1 Å². The third kappa shape index (κ3) is 2.05.